The number of nitrogens with one attached hydrogen (secondary N) is 1. The molecule has 6 nitrogen and oxygen atoms in total. The molecule has 0 atom stereocenters. The minimum atomic E-state index is -3.28. The summed E-state index contributed by atoms with van der Waals surface area (Å²) < 4.78 is 28.0. The van der Waals surface area contributed by atoms with Gasteiger partial charge in [0.2, 0.25) is 10.0 Å². The van der Waals surface area contributed by atoms with Crippen LogP contribution in [-0.2, 0) is 10.0 Å². The molecule has 0 bridgehead atoms. The summed E-state index contributed by atoms with van der Waals surface area (Å²) in [6.07, 6.45) is 6.78. The number of sulfonamides is 1. The third-order valence-corrected chi connectivity index (χ3v) is 6.26. The number of carbonyl (C=O) groups excluding carboxylic acids is 1. The van der Waals surface area contributed by atoms with Gasteiger partial charge in [0.15, 0.2) is 0 Å². The fraction of sp³-hybridized carbons (Fsp3) is 0.389. The molecule has 0 radical (unpaired) electrons. The zero-order valence-electron chi connectivity index (χ0n) is 14.1. The van der Waals surface area contributed by atoms with Crippen LogP contribution < -0.4 is 5.32 Å². The standard InChI is InChI=1S/C18H23N3O3S/c22-18(16-6-8-17(9-7-16)20-11-4-5-12-20)19-10-15-25(23,24)21-13-2-1-3-14-21/h4-9,11-12H,1-3,10,13-15H2,(H,19,22). The van der Waals surface area contributed by atoms with Crippen LogP contribution in [0.1, 0.15) is 29.6 Å². The Morgan fingerprint density at radius 2 is 1.64 bits per heavy atom. The van der Waals surface area contributed by atoms with E-state index >= 15 is 0 Å². The van der Waals surface area contributed by atoms with Gasteiger partial charge in [0.25, 0.3) is 5.91 Å². The molecule has 0 aliphatic carbocycles. The minimum absolute atomic E-state index is 0.0554. The van der Waals surface area contributed by atoms with E-state index < -0.39 is 10.0 Å². The quantitative estimate of drug-likeness (QED) is 0.856. The summed E-state index contributed by atoms with van der Waals surface area (Å²) in [7, 11) is -3.28. The molecule has 1 amide bonds. The van der Waals surface area contributed by atoms with Crippen molar-refractivity contribution in [2.45, 2.75) is 19.3 Å². The van der Waals surface area contributed by atoms with Gasteiger partial charge in [0, 0.05) is 43.3 Å². The lowest BCUT2D eigenvalue weighted by Gasteiger charge is -2.25. The summed E-state index contributed by atoms with van der Waals surface area (Å²) in [5.41, 5.74) is 1.49. The third-order valence-electron chi connectivity index (χ3n) is 4.39. The molecule has 1 aliphatic heterocycles. The van der Waals surface area contributed by atoms with E-state index in [0.717, 1.165) is 24.9 Å². The molecule has 0 unspecified atom stereocenters. The monoisotopic (exact) mass is 361 g/mol. The second-order valence-corrected chi connectivity index (χ2v) is 8.26. The molecular weight excluding hydrogens is 338 g/mol. The molecule has 1 fully saturated rings. The Labute approximate surface area is 148 Å². The van der Waals surface area contributed by atoms with Crippen molar-refractivity contribution in [3.63, 3.8) is 0 Å². The molecule has 1 aliphatic rings. The van der Waals surface area contributed by atoms with E-state index in [1.165, 1.54) is 4.31 Å². The first kappa shape index (κ1) is 17.7. The second-order valence-electron chi connectivity index (χ2n) is 6.17. The first-order valence-electron chi connectivity index (χ1n) is 8.56. The molecule has 1 N–H and O–H groups in total. The maximum Gasteiger partial charge on any atom is 0.251 e. The molecule has 2 heterocycles. The van der Waals surface area contributed by atoms with Crippen LogP contribution in [0.15, 0.2) is 48.8 Å². The van der Waals surface area contributed by atoms with Gasteiger partial charge in [-0.3, -0.25) is 4.79 Å². The number of aromatic nitrogens is 1. The van der Waals surface area contributed by atoms with Gasteiger partial charge in [-0.1, -0.05) is 6.42 Å². The Bertz CT molecular complexity index is 793. The van der Waals surface area contributed by atoms with E-state index in [4.69, 9.17) is 0 Å². The van der Waals surface area contributed by atoms with Crippen LogP contribution in [0, 0.1) is 0 Å². The largest absolute Gasteiger partial charge is 0.351 e. The molecule has 3 rings (SSSR count). The van der Waals surface area contributed by atoms with Gasteiger partial charge in [-0.25, -0.2) is 12.7 Å². The van der Waals surface area contributed by atoms with Gasteiger partial charge in [-0.05, 0) is 49.2 Å². The lowest BCUT2D eigenvalue weighted by molar-refractivity contribution is 0.0956. The average Bonchev–Trinajstić information content (AvgIpc) is 3.17. The van der Waals surface area contributed by atoms with Gasteiger partial charge in [-0.2, -0.15) is 0 Å². The fourth-order valence-corrected chi connectivity index (χ4v) is 4.39. The zero-order chi connectivity index (χ0) is 17.7. The molecule has 7 heteroatoms. The zero-order valence-corrected chi connectivity index (χ0v) is 14.9. The van der Waals surface area contributed by atoms with E-state index in [1.54, 1.807) is 12.1 Å². The van der Waals surface area contributed by atoms with Crippen LogP contribution in [0.4, 0.5) is 0 Å². The number of carbonyl (C=O) groups is 1. The van der Waals surface area contributed by atoms with Crippen LogP contribution in [0.5, 0.6) is 0 Å². The van der Waals surface area contributed by atoms with E-state index in [0.29, 0.717) is 18.7 Å². The molecule has 1 aromatic heterocycles. The fourth-order valence-electron chi connectivity index (χ4n) is 2.96. The summed E-state index contributed by atoms with van der Waals surface area (Å²) in [6, 6.07) is 11.1. The lowest BCUT2D eigenvalue weighted by Crippen LogP contribution is -2.40. The molecule has 25 heavy (non-hydrogen) atoms. The van der Waals surface area contributed by atoms with Crippen LogP contribution in [0.3, 0.4) is 0 Å². The molecular formula is C18H23N3O3S. The van der Waals surface area contributed by atoms with Crippen LogP contribution in [0.25, 0.3) is 5.69 Å². The molecule has 1 saturated heterocycles. The predicted octanol–water partition coefficient (Wildman–Crippen LogP) is 2.02. The van der Waals surface area contributed by atoms with Crippen molar-refractivity contribution in [3.8, 4) is 5.69 Å². The predicted molar refractivity (Wildman–Crippen MR) is 97.3 cm³/mol. The SMILES string of the molecule is O=C(NCCS(=O)(=O)N1CCCCC1)c1ccc(-n2cccc2)cc1. The maximum absolute atomic E-state index is 12.3. The summed E-state index contributed by atoms with van der Waals surface area (Å²) in [5, 5.41) is 2.70. The lowest BCUT2D eigenvalue weighted by atomic mass is 10.2. The van der Waals surface area contributed by atoms with Crippen LogP contribution >= 0.6 is 0 Å². The number of piperidine rings is 1. The maximum atomic E-state index is 12.3. The highest BCUT2D eigenvalue weighted by molar-refractivity contribution is 7.89. The van der Waals surface area contributed by atoms with E-state index in [9.17, 15) is 13.2 Å². The highest BCUT2D eigenvalue weighted by atomic mass is 32.2. The molecule has 0 saturated carbocycles. The summed E-state index contributed by atoms with van der Waals surface area (Å²) in [4.78, 5) is 12.2. The molecule has 1 aromatic carbocycles. The number of amides is 1. The Kier molecular flexibility index (Phi) is 5.55. The van der Waals surface area contributed by atoms with Crippen molar-refractivity contribution in [1.82, 2.24) is 14.2 Å². The first-order valence-corrected chi connectivity index (χ1v) is 10.2. The smallest absolute Gasteiger partial charge is 0.251 e. The van der Waals surface area contributed by atoms with Gasteiger partial charge < -0.3 is 9.88 Å². The second kappa shape index (κ2) is 7.84. The number of nitrogens with zero attached hydrogens (tertiary/aromatic N) is 2. The first-order chi connectivity index (χ1) is 12.1. The number of benzene rings is 1. The highest BCUT2D eigenvalue weighted by Crippen LogP contribution is 2.13. The van der Waals surface area contributed by atoms with Gasteiger partial charge >= 0.3 is 0 Å². The van der Waals surface area contributed by atoms with E-state index in [1.807, 2.05) is 41.2 Å². The average molecular weight is 361 g/mol. The van der Waals surface area contributed by atoms with Crippen molar-refractivity contribution >= 4 is 15.9 Å². The van der Waals surface area contributed by atoms with Crippen LogP contribution in [-0.4, -0.2) is 48.6 Å². The molecule has 0 spiro atoms. The Morgan fingerprint density at radius 3 is 2.28 bits per heavy atom. The Balaban J connectivity index is 1.52. The van der Waals surface area contributed by atoms with Gasteiger partial charge in [-0.15, -0.1) is 0 Å². The number of hydrogen-bond acceptors (Lipinski definition) is 3. The number of rotatable bonds is 6. The van der Waals surface area contributed by atoms with E-state index in [-0.39, 0.29) is 18.2 Å². The van der Waals surface area contributed by atoms with E-state index in [2.05, 4.69) is 5.32 Å². The van der Waals surface area contributed by atoms with Crippen molar-refractivity contribution in [3.05, 3.63) is 54.4 Å². The van der Waals surface area contributed by atoms with Crippen molar-refractivity contribution in [1.29, 1.82) is 0 Å². The van der Waals surface area contributed by atoms with Gasteiger partial charge in [0.1, 0.15) is 0 Å². The normalized spacial score (nSPS) is 15.8. The Hall–Kier alpha value is -2.12. The molecule has 2 aromatic rings. The highest BCUT2D eigenvalue weighted by Gasteiger charge is 2.23. The van der Waals surface area contributed by atoms with Gasteiger partial charge in [0.05, 0.1) is 5.75 Å². The number of hydrogen-bond donors (Lipinski definition) is 1. The molecule has 134 valence electrons. The van der Waals surface area contributed by atoms with Crippen molar-refractivity contribution in [2.75, 3.05) is 25.4 Å². The summed E-state index contributed by atoms with van der Waals surface area (Å²) in [6.45, 7) is 1.31. The van der Waals surface area contributed by atoms with Crippen molar-refractivity contribution < 1.29 is 13.2 Å². The minimum Gasteiger partial charge on any atom is -0.351 e. The topological polar surface area (TPSA) is 71.4 Å². The Morgan fingerprint density at radius 1 is 1.00 bits per heavy atom. The summed E-state index contributed by atoms with van der Waals surface area (Å²) in [5.74, 6) is -0.312. The third kappa shape index (κ3) is 4.49. The van der Waals surface area contributed by atoms with Crippen molar-refractivity contribution in [2.24, 2.45) is 0 Å². The summed E-state index contributed by atoms with van der Waals surface area (Å²) >= 11 is 0. The van der Waals surface area contributed by atoms with Crippen LogP contribution in [0.2, 0.25) is 0 Å².